The Morgan fingerprint density at radius 2 is 1.56 bits per heavy atom. The Bertz CT molecular complexity index is 232. The standard InChI is InChI=1S/C10H23N2O3P/c1-4-14-16(13,15-5-2)10-12-8-6-11(3)7-9-12/h4-10H2,1-3H3. The fourth-order valence-corrected chi connectivity index (χ4v) is 3.54. The lowest BCUT2D eigenvalue weighted by molar-refractivity contribution is 0.149. The van der Waals surface area contributed by atoms with E-state index in [1.54, 1.807) is 0 Å². The molecule has 0 spiro atoms. The van der Waals surface area contributed by atoms with Crippen molar-refractivity contribution < 1.29 is 13.6 Å². The van der Waals surface area contributed by atoms with Crippen LogP contribution in [0.15, 0.2) is 0 Å². The summed E-state index contributed by atoms with van der Waals surface area (Å²) in [6, 6.07) is 0. The van der Waals surface area contributed by atoms with E-state index in [1.165, 1.54) is 0 Å². The third kappa shape index (κ3) is 4.52. The van der Waals surface area contributed by atoms with Crippen LogP contribution in [0.3, 0.4) is 0 Å². The van der Waals surface area contributed by atoms with Crippen LogP contribution in [-0.2, 0) is 13.6 Å². The highest BCUT2D eigenvalue weighted by atomic mass is 31.2. The van der Waals surface area contributed by atoms with Gasteiger partial charge in [0.25, 0.3) is 0 Å². The van der Waals surface area contributed by atoms with Crippen molar-refractivity contribution in [1.29, 1.82) is 0 Å². The maximum absolute atomic E-state index is 12.3. The van der Waals surface area contributed by atoms with Crippen molar-refractivity contribution in [2.75, 3.05) is 52.7 Å². The molecule has 0 aromatic rings. The number of rotatable bonds is 6. The summed E-state index contributed by atoms with van der Waals surface area (Å²) in [6.07, 6.45) is 0.419. The lowest BCUT2D eigenvalue weighted by Crippen LogP contribution is -2.44. The van der Waals surface area contributed by atoms with Crippen molar-refractivity contribution in [2.24, 2.45) is 0 Å². The first-order chi connectivity index (χ1) is 7.59. The minimum atomic E-state index is -2.90. The van der Waals surface area contributed by atoms with E-state index < -0.39 is 7.60 Å². The molecule has 0 atom stereocenters. The fourth-order valence-electron chi connectivity index (χ4n) is 1.75. The van der Waals surface area contributed by atoms with Crippen LogP contribution < -0.4 is 0 Å². The molecule has 1 rings (SSSR count). The summed E-state index contributed by atoms with van der Waals surface area (Å²) < 4.78 is 22.8. The SMILES string of the molecule is CCOP(=O)(CN1CCN(C)CC1)OCC. The van der Waals surface area contributed by atoms with Crippen molar-refractivity contribution in [3.8, 4) is 0 Å². The van der Waals surface area contributed by atoms with Gasteiger partial charge in [0, 0.05) is 26.2 Å². The minimum Gasteiger partial charge on any atom is -0.308 e. The Labute approximate surface area is 98.2 Å². The number of hydrogen-bond donors (Lipinski definition) is 0. The van der Waals surface area contributed by atoms with Crippen molar-refractivity contribution in [3.05, 3.63) is 0 Å². The molecule has 6 heteroatoms. The zero-order valence-corrected chi connectivity index (χ0v) is 11.4. The van der Waals surface area contributed by atoms with Gasteiger partial charge in [-0.25, -0.2) is 0 Å². The summed E-state index contributed by atoms with van der Waals surface area (Å²) in [4.78, 5) is 4.43. The van der Waals surface area contributed by atoms with Gasteiger partial charge in [-0.3, -0.25) is 9.46 Å². The lowest BCUT2D eigenvalue weighted by Gasteiger charge is -2.33. The van der Waals surface area contributed by atoms with E-state index in [0.29, 0.717) is 19.5 Å². The number of likely N-dealkylation sites (N-methyl/N-ethyl adjacent to an activating group) is 1. The van der Waals surface area contributed by atoms with Crippen LogP contribution in [0.25, 0.3) is 0 Å². The van der Waals surface area contributed by atoms with E-state index >= 15 is 0 Å². The summed E-state index contributed by atoms with van der Waals surface area (Å²) in [5.74, 6) is 0. The van der Waals surface area contributed by atoms with Crippen LogP contribution in [0.2, 0.25) is 0 Å². The molecular formula is C10H23N2O3P. The van der Waals surface area contributed by atoms with Gasteiger partial charge in [-0.1, -0.05) is 0 Å². The van der Waals surface area contributed by atoms with Crippen molar-refractivity contribution in [1.82, 2.24) is 9.80 Å². The molecule has 1 heterocycles. The first-order valence-electron chi connectivity index (χ1n) is 5.88. The van der Waals surface area contributed by atoms with Gasteiger partial charge in [-0.05, 0) is 20.9 Å². The van der Waals surface area contributed by atoms with Gasteiger partial charge in [0.2, 0.25) is 0 Å². The molecule has 0 aromatic carbocycles. The predicted octanol–water partition coefficient (Wildman–Crippen LogP) is 1.46. The Morgan fingerprint density at radius 1 is 1.06 bits per heavy atom. The normalized spacial score (nSPS) is 20.2. The predicted molar refractivity (Wildman–Crippen MR) is 64.8 cm³/mol. The Morgan fingerprint density at radius 3 is 2.00 bits per heavy atom. The molecule has 1 aliphatic heterocycles. The summed E-state index contributed by atoms with van der Waals surface area (Å²) >= 11 is 0. The average Bonchev–Trinajstić information content (AvgIpc) is 2.22. The van der Waals surface area contributed by atoms with Gasteiger partial charge in [-0.15, -0.1) is 0 Å². The van der Waals surface area contributed by atoms with Crippen molar-refractivity contribution in [2.45, 2.75) is 13.8 Å². The topological polar surface area (TPSA) is 42.0 Å². The molecule has 96 valence electrons. The fraction of sp³-hybridized carbons (Fsp3) is 1.00. The molecule has 1 aliphatic rings. The molecule has 0 aromatic heterocycles. The van der Waals surface area contributed by atoms with Crippen LogP contribution >= 0.6 is 7.60 Å². The first kappa shape index (κ1) is 14.1. The molecule has 16 heavy (non-hydrogen) atoms. The van der Waals surface area contributed by atoms with Crippen LogP contribution in [-0.4, -0.2) is 62.5 Å². The third-order valence-electron chi connectivity index (χ3n) is 2.62. The van der Waals surface area contributed by atoms with Gasteiger partial charge >= 0.3 is 7.60 Å². The maximum atomic E-state index is 12.3. The summed E-state index contributed by atoms with van der Waals surface area (Å²) in [6.45, 7) is 8.44. The molecule has 0 bridgehead atoms. The maximum Gasteiger partial charge on any atom is 0.344 e. The molecule has 1 fully saturated rings. The molecule has 0 saturated carbocycles. The van der Waals surface area contributed by atoms with Crippen molar-refractivity contribution >= 4 is 7.60 Å². The van der Waals surface area contributed by atoms with E-state index in [1.807, 2.05) is 13.8 Å². The van der Waals surface area contributed by atoms with Gasteiger partial charge in [0.15, 0.2) is 0 Å². The second-order valence-electron chi connectivity index (χ2n) is 4.01. The van der Waals surface area contributed by atoms with E-state index in [9.17, 15) is 4.57 Å². The molecule has 0 aliphatic carbocycles. The Kier molecular flexibility index (Phi) is 5.94. The van der Waals surface area contributed by atoms with E-state index in [4.69, 9.17) is 9.05 Å². The smallest absolute Gasteiger partial charge is 0.308 e. The second-order valence-corrected chi connectivity index (χ2v) is 6.03. The van der Waals surface area contributed by atoms with Crippen LogP contribution in [0, 0.1) is 0 Å². The largest absolute Gasteiger partial charge is 0.344 e. The van der Waals surface area contributed by atoms with Gasteiger partial charge in [0.05, 0.1) is 13.2 Å². The molecule has 0 amide bonds. The van der Waals surface area contributed by atoms with Crippen LogP contribution in [0.1, 0.15) is 13.8 Å². The Balaban J connectivity index is 2.45. The minimum absolute atomic E-state index is 0.419. The summed E-state index contributed by atoms with van der Waals surface area (Å²) in [5.41, 5.74) is 0. The second kappa shape index (κ2) is 6.72. The lowest BCUT2D eigenvalue weighted by atomic mass is 10.4. The quantitative estimate of drug-likeness (QED) is 0.668. The average molecular weight is 250 g/mol. The molecular weight excluding hydrogens is 227 g/mol. The third-order valence-corrected chi connectivity index (χ3v) is 4.67. The molecule has 0 radical (unpaired) electrons. The van der Waals surface area contributed by atoms with Gasteiger partial charge < -0.3 is 13.9 Å². The number of piperazine rings is 1. The number of nitrogens with zero attached hydrogens (tertiary/aromatic N) is 2. The Hall–Kier alpha value is 0.0700. The highest BCUT2D eigenvalue weighted by Gasteiger charge is 2.28. The molecule has 5 nitrogen and oxygen atoms in total. The van der Waals surface area contributed by atoms with E-state index in [-0.39, 0.29) is 0 Å². The summed E-state index contributed by atoms with van der Waals surface area (Å²) in [7, 11) is -0.801. The van der Waals surface area contributed by atoms with Gasteiger partial charge in [-0.2, -0.15) is 0 Å². The van der Waals surface area contributed by atoms with Crippen LogP contribution in [0.4, 0.5) is 0 Å². The van der Waals surface area contributed by atoms with Crippen LogP contribution in [0.5, 0.6) is 0 Å². The molecule has 0 unspecified atom stereocenters. The molecule has 1 saturated heterocycles. The van der Waals surface area contributed by atoms with Gasteiger partial charge in [0.1, 0.15) is 6.29 Å². The van der Waals surface area contributed by atoms with E-state index in [0.717, 1.165) is 26.2 Å². The highest BCUT2D eigenvalue weighted by molar-refractivity contribution is 7.53. The zero-order chi connectivity index (χ0) is 12.0. The summed E-state index contributed by atoms with van der Waals surface area (Å²) in [5, 5.41) is 0. The zero-order valence-electron chi connectivity index (χ0n) is 10.5. The first-order valence-corrected chi connectivity index (χ1v) is 7.61. The number of hydrogen-bond acceptors (Lipinski definition) is 5. The highest BCUT2D eigenvalue weighted by Crippen LogP contribution is 2.48. The van der Waals surface area contributed by atoms with Crippen molar-refractivity contribution in [3.63, 3.8) is 0 Å². The monoisotopic (exact) mass is 250 g/mol. The molecule has 0 N–H and O–H groups in total. The van der Waals surface area contributed by atoms with E-state index in [2.05, 4.69) is 16.8 Å².